The van der Waals surface area contributed by atoms with Crippen LogP contribution in [0.25, 0.3) is 0 Å². The fraction of sp³-hybridized carbons (Fsp3) is 0.108. The lowest BCUT2D eigenvalue weighted by atomic mass is 9.76. The third-order valence-corrected chi connectivity index (χ3v) is 8.42. The van der Waals surface area contributed by atoms with Gasteiger partial charge in [-0.25, -0.2) is 14.4 Å². The number of amides is 1. The van der Waals surface area contributed by atoms with Gasteiger partial charge in [0.05, 0.1) is 12.0 Å². The summed E-state index contributed by atoms with van der Waals surface area (Å²) in [6, 6.07) is 36.9. The molecular formula is C37H31FN4O2. The normalized spacial score (nSPS) is 12.9. The third-order valence-electron chi connectivity index (χ3n) is 8.42. The molecule has 0 bridgehead atoms. The second kappa shape index (κ2) is 11.4. The van der Waals surface area contributed by atoms with Crippen molar-refractivity contribution in [1.82, 2.24) is 14.5 Å². The van der Waals surface area contributed by atoms with Gasteiger partial charge in [-0.1, -0.05) is 109 Å². The van der Waals surface area contributed by atoms with Gasteiger partial charge in [-0.05, 0) is 53.3 Å². The highest BCUT2D eigenvalue weighted by Gasteiger charge is 2.44. The number of carbonyl (C=O) groups is 1. The summed E-state index contributed by atoms with van der Waals surface area (Å²) >= 11 is 0. The quantitative estimate of drug-likeness (QED) is 0.207. The van der Waals surface area contributed by atoms with E-state index >= 15 is 4.39 Å². The number of aromatic nitrogens is 3. The summed E-state index contributed by atoms with van der Waals surface area (Å²) in [6.07, 6.45) is 4.68. The molecule has 0 fully saturated rings. The Morgan fingerprint density at radius 3 is 1.82 bits per heavy atom. The van der Waals surface area contributed by atoms with Crippen molar-refractivity contribution in [3.05, 3.63) is 190 Å². The zero-order valence-corrected chi connectivity index (χ0v) is 24.4. The highest BCUT2D eigenvalue weighted by atomic mass is 19.1. The first-order chi connectivity index (χ1) is 21.3. The summed E-state index contributed by atoms with van der Waals surface area (Å²) in [5.74, 6) is -2.03. The molecule has 0 aliphatic heterocycles. The van der Waals surface area contributed by atoms with Crippen molar-refractivity contribution in [3.63, 3.8) is 0 Å². The van der Waals surface area contributed by atoms with Gasteiger partial charge < -0.3 is 15.4 Å². The molecule has 0 saturated heterocycles. The summed E-state index contributed by atoms with van der Waals surface area (Å²) in [4.78, 5) is 20.8. The van der Waals surface area contributed by atoms with Crippen LogP contribution in [0.15, 0.2) is 134 Å². The Kier molecular flexibility index (Phi) is 7.41. The molecule has 4 aromatic carbocycles. The topological polar surface area (TPSA) is 94.0 Å². The molecule has 6 rings (SSSR count). The Hall–Kier alpha value is -5.40. The summed E-state index contributed by atoms with van der Waals surface area (Å²) in [7, 11) is 0. The Bertz CT molecular complexity index is 1840. The Balaban J connectivity index is 1.69. The largest absolute Gasteiger partial charge is 0.374 e. The van der Waals surface area contributed by atoms with Crippen molar-refractivity contribution in [2.24, 2.45) is 5.73 Å². The lowest BCUT2D eigenvalue weighted by Gasteiger charge is -2.37. The average Bonchev–Trinajstić information content (AvgIpc) is 3.55. The number of aryl methyl sites for hydroxylation is 1. The van der Waals surface area contributed by atoms with Crippen LogP contribution in [0, 0.1) is 19.7 Å². The molecular weight excluding hydrogens is 551 g/mol. The number of carbonyl (C=O) groups excluding carboxylic acids is 1. The van der Waals surface area contributed by atoms with E-state index < -0.39 is 28.6 Å². The van der Waals surface area contributed by atoms with E-state index in [1.165, 1.54) is 12.3 Å². The van der Waals surface area contributed by atoms with Gasteiger partial charge in [0.2, 0.25) is 0 Å². The minimum absolute atomic E-state index is 0.166. The SMILES string of the molecule is Cc1cccc(C(O)(c2cn(C(c3ccccc3)(c3ccccc3)c3ccccc3)cn2)c2ccnc(C(N)=O)c2F)c1C. The van der Waals surface area contributed by atoms with Crippen molar-refractivity contribution < 1.29 is 14.3 Å². The fourth-order valence-corrected chi connectivity index (χ4v) is 6.14. The van der Waals surface area contributed by atoms with E-state index in [-0.39, 0.29) is 11.3 Å². The summed E-state index contributed by atoms with van der Waals surface area (Å²) in [5.41, 5.74) is 6.85. The van der Waals surface area contributed by atoms with Crippen LogP contribution in [0.3, 0.4) is 0 Å². The van der Waals surface area contributed by atoms with Gasteiger partial charge in [0.1, 0.15) is 5.54 Å². The zero-order chi connectivity index (χ0) is 30.9. The van der Waals surface area contributed by atoms with Crippen LogP contribution in [0.1, 0.15) is 55.1 Å². The number of pyridine rings is 1. The molecule has 44 heavy (non-hydrogen) atoms. The number of aliphatic hydroxyl groups is 1. The number of rotatable bonds is 8. The predicted molar refractivity (Wildman–Crippen MR) is 168 cm³/mol. The monoisotopic (exact) mass is 582 g/mol. The van der Waals surface area contributed by atoms with E-state index in [1.54, 1.807) is 24.7 Å². The fourth-order valence-electron chi connectivity index (χ4n) is 6.14. The van der Waals surface area contributed by atoms with Crippen molar-refractivity contribution in [2.45, 2.75) is 25.0 Å². The molecule has 0 aliphatic carbocycles. The van der Waals surface area contributed by atoms with Gasteiger partial charge in [0.15, 0.2) is 17.1 Å². The molecule has 218 valence electrons. The van der Waals surface area contributed by atoms with Crippen LogP contribution < -0.4 is 5.73 Å². The van der Waals surface area contributed by atoms with E-state index in [0.29, 0.717) is 5.56 Å². The Morgan fingerprint density at radius 2 is 1.30 bits per heavy atom. The third kappa shape index (κ3) is 4.49. The van der Waals surface area contributed by atoms with E-state index in [9.17, 15) is 9.90 Å². The van der Waals surface area contributed by atoms with Crippen LogP contribution in [-0.4, -0.2) is 25.5 Å². The maximum atomic E-state index is 16.1. The molecule has 0 aliphatic rings. The van der Waals surface area contributed by atoms with Gasteiger partial charge in [0.25, 0.3) is 5.91 Å². The van der Waals surface area contributed by atoms with Gasteiger partial charge in [-0.3, -0.25) is 4.79 Å². The molecule has 1 unspecified atom stereocenters. The molecule has 6 nitrogen and oxygen atoms in total. The zero-order valence-electron chi connectivity index (χ0n) is 24.4. The Labute approximate surface area is 255 Å². The van der Waals surface area contributed by atoms with Gasteiger partial charge in [0, 0.05) is 18.0 Å². The lowest BCUT2D eigenvalue weighted by molar-refractivity contribution is 0.0985. The van der Waals surface area contributed by atoms with E-state index in [2.05, 4.69) is 41.4 Å². The van der Waals surface area contributed by atoms with Crippen LogP contribution in [-0.2, 0) is 11.1 Å². The van der Waals surface area contributed by atoms with Crippen molar-refractivity contribution in [1.29, 1.82) is 0 Å². The minimum Gasteiger partial charge on any atom is -0.374 e. The van der Waals surface area contributed by atoms with E-state index in [4.69, 9.17) is 10.7 Å². The molecule has 1 atom stereocenters. The standard InChI is InChI=1S/C37H31FN4O2/c1-25-13-12-20-30(26(25)2)37(44,31-21-22-40-34(33(31)38)35(39)43)32-23-42(24-41-32)36(27-14-6-3-7-15-27,28-16-8-4-9-17-28)29-18-10-5-11-19-29/h3-24,44H,1-2H3,(H2,39,43). The van der Waals surface area contributed by atoms with E-state index in [1.807, 2.05) is 79.1 Å². The Morgan fingerprint density at radius 1 is 0.750 bits per heavy atom. The molecule has 2 heterocycles. The van der Waals surface area contributed by atoms with E-state index in [0.717, 1.165) is 27.8 Å². The molecule has 2 aromatic heterocycles. The van der Waals surface area contributed by atoms with Crippen LogP contribution in [0.5, 0.6) is 0 Å². The highest BCUT2D eigenvalue weighted by Crippen LogP contribution is 2.44. The van der Waals surface area contributed by atoms with Crippen LogP contribution >= 0.6 is 0 Å². The second-order valence-corrected chi connectivity index (χ2v) is 10.8. The van der Waals surface area contributed by atoms with Crippen LogP contribution in [0.4, 0.5) is 4.39 Å². The van der Waals surface area contributed by atoms with Crippen LogP contribution in [0.2, 0.25) is 0 Å². The number of hydrogen-bond donors (Lipinski definition) is 2. The molecule has 1 amide bonds. The van der Waals surface area contributed by atoms with Gasteiger partial charge >= 0.3 is 0 Å². The molecule has 3 N–H and O–H groups in total. The number of halogens is 1. The first-order valence-corrected chi connectivity index (χ1v) is 14.2. The predicted octanol–water partition coefficient (Wildman–Crippen LogP) is 6.26. The molecule has 6 aromatic rings. The molecule has 7 heteroatoms. The van der Waals surface area contributed by atoms with Gasteiger partial charge in [-0.15, -0.1) is 0 Å². The van der Waals surface area contributed by atoms with Crippen molar-refractivity contribution in [3.8, 4) is 0 Å². The molecule has 0 radical (unpaired) electrons. The maximum absolute atomic E-state index is 16.1. The van der Waals surface area contributed by atoms with Crippen molar-refractivity contribution in [2.75, 3.05) is 0 Å². The average molecular weight is 583 g/mol. The first-order valence-electron chi connectivity index (χ1n) is 14.2. The number of imidazole rings is 1. The molecule has 0 saturated carbocycles. The lowest BCUT2D eigenvalue weighted by Crippen LogP contribution is -2.37. The number of nitrogens with zero attached hydrogens (tertiary/aromatic N) is 3. The van der Waals surface area contributed by atoms with Gasteiger partial charge in [-0.2, -0.15) is 0 Å². The molecule has 0 spiro atoms. The minimum atomic E-state index is -2.10. The smallest absolute Gasteiger partial charge is 0.270 e. The van der Waals surface area contributed by atoms with Crippen molar-refractivity contribution >= 4 is 5.91 Å². The summed E-state index contributed by atoms with van der Waals surface area (Å²) in [6.45, 7) is 3.78. The number of nitrogens with two attached hydrogens (primary N) is 1. The first kappa shape index (κ1) is 28.7. The summed E-state index contributed by atoms with van der Waals surface area (Å²) < 4.78 is 18.1. The maximum Gasteiger partial charge on any atom is 0.270 e. The highest BCUT2D eigenvalue weighted by molar-refractivity contribution is 5.91. The number of hydrogen-bond acceptors (Lipinski definition) is 4. The second-order valence-electron chi connectivity index (χ2n) is 10.8. The number of benzene rings is 4. The number of primary amides is 1. The summed E-state index contributed by atoms with van der Waals surface area (Å²) in [5, 5.41) is 12.8.